The zero-order valence-corrected chi connectivity index (χ0v) is 28.1. The van der Waals surface area contributed by atoms with E-state index in [9.17, 15) is 30.0 Å². The van der Waals surface area contributed by atoms with Gasteiger partial charge in [0, 0.05) is 43.4 Å². The fourth-order valence-electron chi connectivity index (χ4n) is 7.36. The van der Waals surface area contributed by atoms with Crippen LogP contribution in [0.4, 0.5) is 0 Å². The zero-order chi connectivity index (χ0) is 33.0. The van der Waals surface area contributed by atoms with Crippen LogP contribution in [0.3, 0.4) is 0 Å². The highest BCUT2D eigenvalue weighted by Crippen LogP contribution is 2.41. The Labute approximate surface area is 258 Å². The number of Topliss-reactive ketones (excluding diaryl/α,β-unsaturated/α-hetero) is 1. The predicted molar refractivity (Wildman–Crippen MR) is 161 cm³/mol. The van der Waals surface area contributed by atoms with E-state index in [0.717, 1.165) is 0 Å². The Balaban J connectivity index is 2.64. The molecule has 2 aliphatic heterocycles. The molecule has 2 saturated heterocycles. The summed E-state index contributed by atoms with van der Waals surface area (Å²) in [5.74, 6) is -4.54. The van der Waals surface area contributed by atoms with Gasteiger partial charge in [0.1, 0.15) is 23.6 Å². The molecule has 11 heteroatoms. The highest BCUT2D eigenvalue weighted by molar-refractivity contribution is 5.83. The van der Waals surface area contributed by atoms with Crippen molar-refractivity contribution in [3.63, 3.8) is 0 Å². The Hall–Kier alpha value is -1.18. The minimum atomic E-state index is -1.62. The topological polar surface area (TPSA) is 155 Å². The molecule has 2 fully saturated rings. The molecular formula is C32H59NO10. The molecular weight excluding hydrogens is 558 g/mol. The van der Waals surface area contributed by atoms with Gasteiger partial charge in [-0.25, -0.2) is 0 Å². The lowest BCUT2D eigenvalue weighted by atomic mass is 9.69. The number of carbonyl (C=O) groups excluding carboxylic acids is 2. The van der Waals surface area contributed by atoms with Crippen LogP contribution in [0.2, 0.25) is 0 Å². The van der Waals surface area contributed by atoms with Gasteiger partial charge < -0.3 is 44.3 Å². The van der Waals surface area contributed by atoms with E-state index in [1.807, 2.05) is 25.9 Å². The smallest absolute Gasteiger partial charge is 0.311 e. The monoisotopic (exact) mass is 617 g/mol. The summed E-state index contributed by atoms with van der Waals surface area (Å²) < 4.78 is 24.5. The third-order valence-corrected chi connectivity index (χ3v) is 10.2. The van der Waals surface area contributed by atoms with Crippen molar-refractivity contribution in [2.75, 3.05) is 27.8 Å². The number of hydrogen-bond donors (Lipinski definition) is 4. The van der Waals surface area contributed by atoms with Gasteiger partial charge in [0.25, 0.3) is 0 Å². The van der Waals surface area contributed by atoms with E-state index < -0.39 is 77.5 Å². The number of aliphatic hydroxyl groups excluding tert-OH is 3. The molecule has 43 heavy (non-hydrogen) atoms. The van der Waals surface area contributed by atoms with Crippen molar-refractivity contribution in [2.45, 2.75) is 135 Å². The third kappa shape index (κ3) is 8.35. The summed E-state index contributed by atoms with van der Waals surface area (Å²) in [5.41, 5.74) is -2.78. The summed E-state index contributed by atoms with van der Waals surface area (Å²) in [7, 11) is 5.26. The number of ether oxygens (including phenoxy) is 4. The second-order valence-corrected chi connectivity index (χ2v) is 13.8. The molecule has 2 aliphatic rings. The molecule has 11 nitrogen and oxygen atoms in total. The summed E-state index contributed by atoms with van der Waals surface area (Å²) in [5, 5.41) is 44.4. The van der Waals surface area contributed by atoms with E-state index in [1.54, 1.807) is 48.5 Å². The summed E-state index contributed by atoms with van der Waals surface area (Å²) in [6.07, 6.45) is -4.23. The van der Waals surface area contributed by atoms with Crippen molar-refractivity contribution in [3.8, 4) is 0 Å². The van der Waals surface area contributed by atoms with Crippen LogP contribution >= 0.6 is 0 Å². The van der Waals surface area contributed by atoms with Crippen LogP contribution in [0.25, 0.3) is 0 Å². The lowest BCUT2D eigenvalue weighted by Crippen LogP contribution is -2.60. The zero-order valence-electron chi connectivity index (χ0n) is 28.1. The normalized spacial score (nSPS) is 46.0. The molecule has 4 N–H and O–H groups in total. The maximum absolute atomic E-state index is 13.9. The number of aliphatic hydroxyl groups is 4. The van der Waals surface area contributed by atoms with E-state index in [1.165, 1.54) is 7.11 Å². The third-order valence-electron chi connectivity index (χ3n) is 10.2. The molecule has 2 heterocycles. The van der Waals surface area contributed by atoms with Gasteiger partial charge in [-0.2, -0.15) is 0 Å². The fourth-order valence-corrected chi connectivity index (χ4v) is 7.36. The first-order valence-corrected chi connectivity index (χ1v) is 15.8. The Morgan fingerprint density at radius 3 is 2.14 bits per heavy atom. The van der Waals surface area contributed by atoms with Gasteiger partial charge in [-0.3, -0.25) is 9.59 Å². The van der Waals surface area contributed by atoms with Crippen LogP contribution in [0.5, 0.6) is 0 Å². The minimum Gasteiger partial charge on any atom is -0.459 e. The van der Waals surface area contributed by atoms with Gasteiger partial charge in [-0.15, -0.1) is 0 Å². The molecule has 14 atom stereocenters. The Morgan fingerprint density at radius 1 is 1.02 bits per heavy atom. The van der Waals surface area contributed by atoms with E-state index >= 15 is 0 Å². The Morgan fingerprint density at radius 2 is 1.63 bits per heavy atom. The van der Waals surface area contributed by atoms with Crippen molar-refractivity contribution in [3.05, 3.63) is 0 Å². The number of rotatable bonds is 7. The number of ketones is 1. The van der Waals surface area contributed by atoms with E-state index in [4.69, 9.17) is 18.9 Å². The van der Waals surface area contributed by atoms with E-state index in [2.05, 4.69) is 0 Å². The van der Waals surface area contributed by atoms with Gasteiger partial charge >= 0.3 is 5.97 Å². The number of nitrogens with zero attached hydrogens (tertiary/aromatic N) is 1. The first kappa shape index (κ1) is 38.0. The SMILES string of the molecule is CC[C@H]1OC(=O)[C@H](C)[C@@H](O)[C@H](C)[C@@H](O[C@@H]2O[C@H](C)C[C@H](N(C)C)[C@H]2O)[C@](C)(OC)C[C@@H](C)C(=O)C(C)[C@@H](CCO)[C@]1(C)O. The number of likely N-dealkylation sites (N-methyl/N-ethyl adjacent to an activating group) is 1. The number of cyclic esters (lactones) is 1. The van der Waals surface area contributed by atoms with Gasteiger partial charge in [0.15, 0.2) is 6.29 Å². The number of carbonyl (C=O) groups is 2. The molecule has 0 saturated carbocycles. The maximum Gasteiger partial charge on any atom is 0.311 e. The summed E-state index contributed by atoms with van der Waals surface area (Å²) in [4.78, 5) is 29.3. The number of methoxy groups -OCH3 is 1. The molecule has 0 aromatic rings. The molecule has 0 aromatic heterocycles. The van der Waals surface area contributed by atoms with Crippen molar-refractivity contribution < 1.29 is 49.0 Å². The van der Waals surface area contributed by atoms with Crippen LogP contribution in [0.1, 0.15) is 81.1 Å². The van der Waals surface area contributed by atoms with Gasteiger partial charge in [0.05, 0.1) is 29.8 Å². The summed E-state index contributed by atoms with van der Waals surface area (Å²) >= 11 is 0. The Kier molecular flexibility index (Phi) is 13.6. The fraction of sp³-hybridized carbons (Fsp3) is 0.938. The van der Waals surface area contributed by atoms with E-state index in [0.29, 0.717) is 6.42 Å². The average molecular weight is 618 g/mol. The van der Waals surface area contributed by atoms with Crippen molar-refractivity contribution in [2.24, 2.45) is 29.6 Å². The summed E-state index contributed by atoms with van der Waals surface area (Å²) in [6, 6.07) is -0.237. The molecule has 0 amide bonds. The highest BCUT2D eigenvalue weighted by Gasteiger charge is 2.51. The van der Waals surface area contributed by atoms with Gasteiger partial charge in [0.2, 0.25) is 0 Å². The molecule has 0 spiro atoms. The maximum atomic E-state index is 13.9. The minimum absolute atomic E-state index is 0.130. The largest absolute Gasteiger partial charge is 0.459 e. The van der Waals surface area contributed by atoms with Crippen LogP contribution in [-0.2, 0) is 28.5 Å². The lowest BCUT2D eigenvalue weighted by molar-refractivity contribution is -0.301. The van der Waals surface area contributed by atoms with Crippen molar-refractivity contribution in [1.29, 1.82) is 0 Å². The van der Waals surface area contributed by atoms with Gasteiger partial charge in [-0.1, -0.05) is 27.7 Å². The molecule has 252 valence electrons. The standard InChI is InChI=1S/C32H59NO10/c1-12-24-32(8,39)22(13-14-34)19(4)25(35)17(2)16-31(7,40-11)28(20(5)26(36)21(6)29(38)42-24)43-30-27(37)23(33(9)10)15-18(3)41-30/h17-24,26-28,30,34,36-37,39H,12-16H2,1-11H3/t17-,18-,19?,20+,21-,22-,23+,24-,26+,27-,28-,30+,31-,32+/m1/s1. The highest BCUT2D eigenvalue weighted by atomic mass is 16.7. The first-order valence-electron chi connectivity index (χ1n) is 15.8. The number of hydrogen-bond acceptors (Lipinski definition) is 11. The Bertz CT molecular complexity index is 915. The van der Waals surface area contributed by atoms with Crippen LogP contribution in [0, 0.1) is 29.6 Å². The molecule has 0 bridgehead atoms. The van der Waals surface area contributed by atoms with Crippen molar-refractivity contribution >= 4 is 11.8 Å². The quantitative estimate of drug-likeness (QED) is 0.311. The molecule has 0 radical (unpaired) electrons. The molecule has 0 aromatic carbocycles. The van der Waals surface area contributed by atoms with Crippen molar-refractivity contribution in [1.82, 2.24) is 4.90 Å². The second-order valence-electron chi connectivity index (χ2n) is 13.8. The second kappa shape index (κ2) is 15.4. The number of esters is 1. The van der Waals surface area contributed by atoms with Crippen LogP contribution in [-0.4, -0.2) is 119 Å². The molecule has 0 aliphatic carbocycles. The first-order chi connectivity index (χ1) is 19.9. The average Bonchev–Trinajstić information content (AvgIpc) is 2.95. The lowest BCUT2D eigenvalue weighted by Gasteiger charge is -2.48. The summed E-state index contributed by atoms with van der Waals surface area (Å²) in [6.45, 7) is 13.6. The van der Waals surface area contributed by atoms with Crippen LogP contribution < -0.4 is 0 Å². The molecule has 1 unspecified atom stereocenters. The predicted octanol–water partition coefficient (Wildman–Crippen LogP) is 2.15. The van der Waals surface area contributed by atoms with Gasteiger partial charge in [-0.05, 0) is 67.5 Å². The van der Waals surface area contributed by atoms with Crippen LogP contribution in [0.15, 0.2) is 0 Å². The molecule has 2 rings (SSSR count). The van der Waals surface area contributed by atoms with E-state index in [-0.39, 0.29) is 43.8 Å².